The number of alkyl halides is 3. The highest BCUT2D eigenvalue weighted by Crippen LogP contribution is 2.27. The summed E-state index contributed by atoms with van der Waals surface area (Å²) in [5.41, 5.74) is 8.86. The zero-order chi connectivity index (χ0) is 37.7. The Hall–Kier alpha value is -5.72. The molecule has 13 heteroatoms. The number of hydrogen-bond donors (Lipinski definition) is 6. The van der Waals surface area contributed by atoms with Gasteiger partial charge in [-0.25, -0.2) is 4.79 Å². The van der Waals surface area contributed by atoms with Gasteiger partial charge in [-0.05, 0) is 52.6 Å². The summed E-state index contributed by atoms with van der Waals surface area (Å²) in [6.07, 6.45) is -0.169. The summed E-state index contributed by atoms with van der Waals surface area (Å²) in [4.78, 5) is 50.2. The molecule has 1 saturated carbocycles. The molecule has 5 rings (SSSR count). The van der Waals surface area contributed by atoms with Crippen LogP contribution in [0.2, 0.25) is 0 Å². The molecule has 1 aliphatic carbocycles. The number of nitrogen functional groups attached to an aromatic ring is 1. The minimum atomic E-state index is -5.08. The van der Waals surface area contributed by atoms with Gasteiger partial charge in [-0.15, -0.1) is 0 Å². The van der Waals surface area contributed by atoms with Gasteiger partial charge in [0.05, 0.1) is 0 Å². The second kappa shape index (κ2) is 18.5. The highest BCUT2D eigenvalue weighted by molar-refractivity contribution is 6.02. The van der Waals surface area contributed by atoms with Gasteiger partial charge < -0.3 is 26.8 Å². The van der Waals surface area contributed by atoms with Crippen molar-refractivity contribution in [2.45, 2.75) is 63.8 Å². The highest BCUT2D eigenvalue weighted by Gasteiger charge is 2.38. The van der Waals surface area contributed by atoms with Gasteiger partial charge >= 0.3 is 12.1 Å². The zero-order valence-electron chi connectivity index (χ0n) is 28.4. The van der Waals surface area contributed by atoms with Gasteiger partial charge in [0.15, 0.2) is 0 Å². The lowest BCUT2D eigenvalue weighted by Gasteiger charge is -2.31. The molecule has 3 amide bonds. The van der Waals surface area contributed by atoms with Crippen molar-refractivity contribution in [1.82, 2.24) is 16.0 Å². The van der Waals surface area contributed by atoms with Crippen LogP contribution >= 0.6 is 0 Å². The van der Waals surface area contributed by atoms with Crippen molar-refractivity contribution >= 4 is 40.3 Å². The summed E-state index contributed by atoms with van der Waals surface area (Å²) >= 11 is 0. The molecule has 0 aromatic heterocycles. The molecule has 0 saturated heterocycles. The van der Waals surface area contributed by atoms with E-state index < -0.39 is 35.9 Å². The Morgan fingerprint density at radius 1 is 0.750 bits per heavy atom. The number of fused-ring (bicyclic) bond motifs is 1. The number of rotatable bonds is 12. The number of benzene rings is 4. The molecule has 1 fully saturated rings. The number of carbonyl (C=O) groups excluding carboxylic acids is 3. The first-order valence-electron chi connectivity index (χ1n) is 16.9. The molecule has 4 aromatic carbocycles. The molecule has 0 heterocycles. The Kier molecular flexibility index (Phi) is 13.9. The Bertz CT molecular complexity index is 1840. The number of aliphatic carboxylic acids is 1. The zero-order valence-corrected chi connectivity index (χ0v) is 28.4. The molecular formula is C39H42F3N5O5. The predicted molar refractivity (Wildman–Crippen MR) is 191 cm³/mol. The van der Waals surface area contributed by atoms with Crippen molar-refractivity contribution in [3.63, 3.8) is 0 Å². The number of carboxylic acid groups (broad SMARTS) is 1. The number of amidine groups is 1. The van der Waals surface area contributed by atoms with Crippen molar-refractivity contribution in [2.75, 3.05) is 0 Å². The second-order valence-electron chi connectivity index (χ2n) is 12.6. The summed E-state index contributed by atoms with van der Waals surface area (Å²) in [7, 11) is 0. The molecule has 0 aliphatic heterocycles. The average Bonchev–Trinajstić information content (AvgIpc) is 3.14. The maximum absolute atomic E-state index is 14.0. The molecule has 0 radical (unpaired) electrons. The highest BCUT2D eigenvalue weighted by atomic mass is 19.4. The van der Waals surface area contributed by atoms with Crippen LogP contribution in [0.5, 0.6) is 0 Å². The Balaban J connectivity index is 0.000000785. The number of carboxylic acids is 1. The molecule has 0 bridgehead atoms. The van der Waals surface area contributed by atoms with Gasteiger partial charge in [0, 0.05) is 18.7 Å². The number of hydrogen-bond acceptors (Lipinski definition) is 5. The molecule has 10 nitrogen and oxygen atoms in total. The largest absolute Gasteiger partial charge is 0.490 e. The smallest absolute Gasteiger partial charge is 0.475 e. The van der Waals surface area contributed by atoms with Crippen molar-refractivity contribution in [3.05, 3.63) is 119 Å². The fourth-order valence-corrected chi connectivity index (χ4v) is 6.13. The lowest BCUT2D eigenvalue weighted by atomic mass is 9.83. The summed E-state index contributed by atoms with van der Waals surface area (Å²) in [5.74, 6) is -5.02. The van der Waals surface area contributed by atoms with Crippen LogP contribution in [0.15, 0.2) is 97.1 Å². The molecule has 7 N–H and O–H groups in total. The van der Waals surface area contributed by atoms with Crippen LogP contribution in [-0.2, 0) is 38.7 Å². The number of nitrogens with one attached hydrogen (secondary N) is 4. The van der Waals surface area contributed by atoms with E-state index in [1.54, 1.807) is 24.3 Å². The van der Waals surface area contributed by atoms with E-state index in [0.29, 0.717) is 12.1 Å². The molecule has 52 heavy (non-hydrogen) atoms. The van der Waals surface area contributed by atoms with Crippen LogP contribution in [0, 0.1) is 17.2 Å². The van der Waals surface area contributed by atoms with Crippen molar-refractivity contribution in [1.29, 1.82) is 5.41 Å². The maximum Gasteiger partial charge on any atom is 0.490 e. The van der Waals surface area contributed by atoms with Crippen LogP contribution < -0.4 is 21.7 Å². The molecular weight excluding hydrogens is 675 g/mol. The third-order valence-electron chi connectivity index (χ3n) is 8.92. The van der Waals surface area contributed by atoms with Gasteiger partial charge in [-0.1, -0.05) is 116 Å². The Labute approximate surface area is 299 Å². The van der Waals surface area contributed by atoms with Crippen LogP contribution in [0.4, 0.5) is 13.2 Å². The first-order chi connectivity index (χ1) is 24.8. The minimum absolute atomic E-state index is 0.0157. The summed E-state index contributed by atoms with van der Waals surface area (Å²) in [5, 5.41) is 26.0. The SMILES string of the molecule is N=C(N)c1ccc(CC(C(=O)NCc2ccccc2)C(=O)N[C@H](C(=O)NCc2cccc3ccccc23)C2CCCCC2)cc1.O=C(O)C(F)(F)F. The lowest BCUT2D eigenvalue weighted by Crippen LogP contribution is -2.54. The van der Waals surface area contributed by atoms with Gasteiger partial charge in [-0.3, -0.25) is 19.8 Å². The number of nitrogens with two attached hydrogens (primary N) is 1. The van der Waals surface area contributed by atoms with Crippen molar-refractivity contribution < 1.29 is 37.5 Å². The van der Waals surface area contributed by atoms with E-state index >= 15 is 0 Å². The van der Waals surface area contributed by atoms with Crippen molar-refractivity contribution in [3.8, 4) is 0 Å². The maximum atomic E-state index is 14.0. The predicted octanol–water partition coefficient (Wildman–Crippen LogP) is 5.61. The third-order valence-corrected chi connectivity index (χ3v) is 8.92. The molecule has 2 atom stereocenters. The molecule has 274 valence electrons. The third kappa shape index (κ3) is 11.4. The van der Waals surface area contributed by atoms with E-state index in [1.165, 1.54) is 0 Å². The monoisotopic (exact) mass is 717 g/mol. The van der Waals surface area contributed by atoms with E-state index in [9.17, 15) is 27.6 Å². The molecule has 4 aromatic rings. The normalized spacial score (nSPS) is 14.2. The van der Waals surface area contributed by atoms with E-state index in [0.717, 1.165) is 59.6 Å². The standard InChI is InChI=1S/C37H41N5O3.C2HF3O2/c38-34(39)29-20-18-25(19-21-29)22-32(35(43)40-23-26-10-3-1-4-11-26)36(44)42-33(28-13-5-2-6-14-28)37(45)41-24-30-16-9-15-27-12-7-8-17-31(27)30;3-2(4,5)1(6)7/h1,3-4,7-12,15-21,28,32-33H,2,5-6,13-14,22-24H2,(H3,38,39)(H,40,43)(H,41,45)(H,42,44);(H,6,7)/t32?,33-;/m0./s1. The van der Waals surface area contributed by atoms with E-state index in [4.69, 9.17) is 21.0 Å². The Morgan fingerprint density at radius 2 is 1.35 bits per heavy atom. The van der Waals surface area contributed by atoms with Crippen molar-refractivity contribution in [2.24, 2.45) is 17.6 Å². The van der Waals surface area contributed by atoms with Gasteiger partial charge in [0.25, 0.3) is 0 Å². The fraction of sp³-hybridized carbons (Fsp3) is 0.308. The summed E-state index contributed by atoms with van der Waals surface area (Å²) in [6, 6.07) is 29.8. The quantitative estimate of drug-likeness (QED) is 0.0631. The topological polar surface area (TPSA) is 174 Å². The number of carbonyl (C=O) groups is 4. The van der Waals surface area contributed by atoms with Gasteiger partial charge in [0.1, 0.15) is 17.8 Å². The lowest BCUT2D eigenvalue weighted by molar-refractivity contribution is -0.192. The summed E-state index contributed by atoms with van der Waals surface area (Å²) < 4.78 is 31.7. The van der Waals surface area contributed by atoms with Gasteiger partial charge in [0.2, 0.25) is 17.7 Å². The first-order valence-corrected chi connectivity index (χ1v) is 16.9. The van der Waals surface area contributed by atoms with E-state index in [-0.39, 0.29) is 30.6 Å². The minimum Gasteiger partial charge on any atom is -0.475 e. The molecule has 1 aliphatic rings. The van der Waals surface area contributed by atoms with Crippen LogP contribution in [0.3, 0.4) is 0 Å². The van der Waals surface area contributed by atoms with E-state index in [1.807, 2.05) is 72.8 Å². The average molecular weight is 718 g/mol. The van der Waals surface area contributed by atoms with Gasteiger partial charge in [-0.2, -0.15) is 13.2 Å². The molecule has 0 spiro atoms. The number of amides is 3. The van der Waals surface area contributed by atoms with Crippen LogP contribution in [0.25, 0.3) is 10.8 Å². The first kappa shape index (κ1) is 39.1. The van der Waals surface area contributed by atoms with Crippen LogP contribution in [-0.4, -0.2) is 46.9 Å². The second-order valence-corrected chi connectivity index (χ2v) is 12.6. The Morgan fingerprint density at radius 3 is 1.98 bits per heavy atom. The van der Waals surface area contributed by atoms with E-state index in [2.05, 4.69) is 16.0 Å². The molecule has 1 unspecified atom stereocenters. The number of halogens is 3. The summed E-state index contributed by atoms with van der Waals surface area (Å²) in [6.45, 7) is 0.618. The van der Waals surface area contributed by atoms with Crippen LogP contribution in [0.1, 0.15) is 54.4 Å². The fourth-order valence-electron chi connectivity index (χ4n) is 6.13.